The topological polar surface area (TPSA) is 75.4 Å². The summed E-state index contributed by atoms with van der Waals surface area (Å²) in [4.78, 5) is 23.8. The predicted molar refractivity (Wildman–Crippen MR) is 133 cm³/mol. The highest BCUT2D eigenvalue weighted by Crippen LogP contribution is 2.29. The van der Waals surface area contributed by atoms with Gasteiger partial charge in [0, 0.05) is 55.9 Å². The highest BCUT2D eigenvalue weighted by Gasteiger charge is 2.26. The van der Waals surface area contributed by atoms with E-state index in [2.05, 4.69) is 40.5 Å². The van der Waals surface area contributed by atoms with Crippen molar-refractivity contribution in [1.82, 2.24) is 24.5 Å². The van der Waals surface area contributed by atoms with Crippen molar-refractivity contribution in [2.75, 3.05) is 18.4 Å². The second-order valence-corrected chi connectivity index (χ2v) is 8.94. The number of pyridine rings is 1. The molecule has 2 radical (unpaired) electrons. The number of rotatable bonds is 6. The lowest BCUT2D eigenvalue weighted by Gasteiger charge is -2.32. The Balaban J connectivity index is 1.29. The van der Waals surface area contributed by atoms with Gasteiger partial charge in [-0.05, 0) is 42.4 Å². The summed E-state index contributed by atoms with van der Waals surface area (Å²) in [5.41, 5.74) is 5.52. The van der Waals surface area contributed by atoms with Gasteiger partial charge in [0.05, 0.1) is 6.42 Å². The molecule has 0 saturated carbocycles. The maximum atomic E-state index is 12.8. The Labute approximate surface area is 200 Å². The Hall–Kier alpha value is -3.68. The molecule has 0 aliphatic carbocycles. The van der Waals surface area contributed by atoms with Gasteiger partial charge in [-0.2, -0.15) is 9.61 Å². The average molecular weight is 450 g/mol. The molecule has 0 bridgehead atoms. The highest BCUT2D eigenvalue weighted by atomic mass is 16.2. The van der Waals surface area contributed by atoms with E-state index in [1.807, 2.05) is 35.4 Å². The van der Waals surface area contributed by atoms with Gasteiger partial charge in [-0.3, -0.25) is 9.78 Å². The summed E-state index contributed by atoms with van der Waals surface area (Å²) in [5, 5.41) is 7.85. The number of hydrogen-bond acceptors (Lipinski definition) is 5. The SMILES string of the molecule is [B]c1cnn2c(NCc3cccnc3)cc(C3CCN(C(=O)Cc4cccc(C)c4)CC3)nc12. The molecule has 4 aromatic rings. The molecule has 1 amide bonds. The van der Waals surface area contributed by atoms with Crippen LogP contribution < -0.4 is 10.8 Å². The molecule has 0 spiro atoms. The van der Waals surface area contributed by atoms with Gasteiger partial charge in [0.2, 0.25) is 5.91 Å². The van der Waals surface area contributed by atoms with Gasteiger partial charge >= 0.3 is 0 Å². The molecule has 3 aromatic heterocycles. The third-order valence-corrected chi connectivity index (χ3v) is 6.42. The second-order valence-electron chi connectivity index (χ2n) is 8.94. The van der Waals surface area contributed by atoms with Crippen molar-refractivity contribution >= 4 is 30.7 Å². The monoisotopic (exact) mass is 450 g/mol. The van der Waals surface area contributed by atoms with E-state index in [4.69, 9.17) is 12.8 Å². The molecule has 7 nitrogen and oxygen atoms in total. The van der Waals surface area contributed by atoms with Crippen molar-refractivity contribution in [3.05, 3.63) is 83.4 Å². The quantitative estimate of drug-likeness (QED) is 0.458. The smallest absolute Gasteiger partial charge is 0.226 e. The lowest BCUT2D eigenvalue weighted by molar-refractivity contribution is -0.131. The highest BCUT2D eigenvalue weighted by molar-refractivity contribution is 6.36. The number of aryl methyl sites for hydroxylation is 1. The van der Waals surface area contributed by atoms with Crippen LogP contribution in [0.4, 0.5) is 5.82 Å². The van der Waals surface area contributed by atoms with Crippen molar-refractivity contribution in [2.45, 2.75) is 38.6 Å². The number of nitrogens with one attached hydrogen (secondary N) is 1. The number of likely N-dealkylation sites (tertiary alicyclic amines) is 1. The molecule has 0 atom stereocenters. The standard InChI is InChI=1S/C26H27BN6O/c1-18-4-2-5-19(12-18)13-25(34)32-10-7-21(8-11-32)23-14-24(29-16-20-6-3-9-28-15-20)33-26(31-23)22(27)17-30-33/h2-6,9,12,14-15,17,21,29H,7-8,10-11,13,16H2,1H3. The van der Waals surface area contributed by atoms with Gasteiger partial charge in [0.15, 0.2) is 0 Å². The molecular weight excluding hydrogens is 423 g/mol. The lowest BCUT2D eigenvalue weighted by Crippen LogP contribution is -2.39. The van der Waals surface area contributed by atoms with Crippen LogP contribution in [-0.4, -0.2) is 51.3 Å². The maximum absolute atomic E-state index is 12.8. The third-order valence-electron chi connectivity index (χ3n) is 6.42. The molecule has 0 unspecified atom stereocenters. The first-order valence-corrected chi connectivity index (χ1v) is 11.7. The molecule has 1 aliphatic heterocycles. The number of carbonyl (C=O) groups is 1. The largest absolute Gasteiger partial charge is 0.366 e. The Bertz CT molecular complexity index is 1300. The van der Waals surface area contributed by atoms with E-state index in [1.165, 1.54) is 5.56 Å². The summed E-state index contributed by atoms with van der Waals surface area (Å²) < 4.78 is 1.75. The van der Waals surface area contributed by atoms with Gasteiger partial charge in [-0.15, -0.1) is 0 Å². The van der Waals surface area contributed by atoms with E-state index in [9.17, 15) is 4.79 Å². The first kappa shape index (κ1) is 22.1. The summed E-state index contributed by atoms with van der Waals surface area (Å²) in [6, 6.07) is 14.2. The first-order valence-electron chi connectivity index (χ1n) is 11.7. The lowest BCUT2D eigenvalue weighted by atomic mass is 9.92. The number of aromatic nitrogens is 4. The number of nitrogens with zero attached hydrogens (tertiary/aromatic N) is 5. The zero-order valence-electron chi connectivity index (χ0n) is 19.3. The fraction of sp³-hybridized carbons (Fsp3) is 0.308. The zero-order chi connectivity index (χ0) is 23.5. The molecule has 1 saturated heterocycles. The molecule has 8 heteroatoms. The molecular formula is C26H27BN6O. The fourth-order valence-electron chi connectivity index (χ4n) is 4.56. The molecule has 34 heavy (non-hydrogen) atoms. The van der Waals surface area contributed by atoms with Crippen LogP contribution in [0.25, 0.3) is 5.65 Å². The summed E-state index contributed by atoms with van der Waals surface area (Å²) >= 11 is 0. The van der Waals surface area contributed by atoms with Gasteiger partial charge in [0.1, 0.15) is 19.3 Å². The van der Waals surface area contributed by atoms with Crippen LogP contribution in [0.15, 0.2) is 61.1 Å². The Kier molecular flexibility index (Phi) is 6.30. The number of hydrogen-bond donors (Lipinski definition) is 1. The minimum Gasteiger partial charge on any atom is -0.366 e. The molecule has 5 rings (SSSR count). The fourth-order valence-corrected chi connectivity index (χ4v) is 4.56. The van der Waals surface area contributed by atoms with Crippen molar-refractivity contribution in [1.29, 1.82) is 0 Å². The van der Waals surface area contributed by atoms with E-state index in [1.54, 1.807) is 16.9 Å². The van der Waals surface area contributed by atoms with E-state index < -0.39 is 0 Å². The minimum atomic E-state index is 0.186. The van der Waals surface area contributed by atoms with Gasteiger partial charge in [-0.1, -0.05) is 35.9 Å². The molecule has 4 heterocycles. The summed E-state index contributed by atoms with van der Waals surface area (Å²) in [5.74, 6) is 1.30. The molecule has 170 valence electrons. The average Bonchev–Trinajstić information content (AvgIpc) is 3.24. The summed E-state index contributed by atoms with van der Waals surface area (Å²) in [6.45, 7) is 4.14. The van der Waals surface area contributed by atoms with Crippen LogP contribution in [0.5, 0.6) is 0 Å². The Morgan fingerprint density at radius 3 is 2.71 bits per heavy atom. The van der Waals surface area contributed by atoms with Crippen LogP contribution in [0.2, 0.25) is 0 Å². The van der Waals surface area contributed by atoms with E-state index >= 15 is 0 Å². The maximum Gasteiger partial charge on any atom is 0.226 e. The second kappa shape index (κ2) is 9.67. The van der Waals surface area contributed by atoms with Crippen LogP contribution in [0.3, 0.4) is 0 Å². The van der Waals surface area contributed by atoms with Crippen molar-refractivity contribution in [3.8, 4) is 0 Å². The predicted octanol–water partition coefficient (Wildman–Crippen LogP) is 2.79. The molecule has 1 aliphatic rings. The van der Waals surface area contributed by atoms with Crippen LogP contribution in [-0.2, 0) is 17.8 Å². The van der Waals surface area contributed by atoms with Crippen molar-refractivity contribution in [3.63, 3.8) is 0 Å². The van der Waals surface area contributed by atoms with Gasteiger partial charge in [0.25, 0.3) is 0 Å². The van der Waals surface area contributed by atoms with E-state index in [-0.39, 0.29) is 11.8 Å². The minimum absolute atomic E-state index is 0.186. The third kappa shape index (κ3) is 4.81. The Morgan fingerprint density at radius 1 is 1.12 bits per heavy atom. The van der Waals surface area contributed by atoms with Crippen molar-refractivity contribution in [2.24, 2.45) is 0 Å². The molecule has 1 aromatic carbocycles. The molecule has 1 N–H and O–H groups in total. The van der Waals surface area contributed by atoms with E-state index in [0.717, 1.165) is 48.6 Å². The molecule has 1 fully saturated rings. The number of fused-ring (bicyclic) bond motifs is 1. The van der Waals surface area contributed by atoms with E-state index in [0.29, 0.717) is 24.1 Å². The van der Waals surface area contributed by atoms with Crippen LogP contribution in [0, 0.1) is 6.92 Å². The van der Waals surface area contributed by atoms with Crippen LogP contribution in [0.1, 0.15) is 41.1 Å². The number of anilines is 1. The van der Waals surface area contributed by atoms with Crippen molar-refractivity contribution < 1.29 is 4.79 Å². The number of benzene rings is 1. The number of piperidine rings is 1. The Morgan fingerprint density at radius 2 is 1.94 bits per heavy atom. The zero-order valence-corrected chi connectivity index (χ0v) is 19.3. The first-order chi connectivity index (χ1) is 16.6. The van der Waals surface area contributed by atoms with Crippen LogP contribution >= 0.6 is 0 Å². The number of carbonyl (C=O) groups excluding carboxylic acids is 1. The summed E-state index contributed by atoms with van der Waals surface area (Å²) in [6.07, 6.45) is 7.43. The normalized spacial score (nSPS) is 14.4. The summed E-state index contributed by atoms with van der Waals surface area (Å²) in [7, 11) is 6.16. The number of amides is 1. The van der Waals surface area contributed by atoms with Gasteiger partial charge in [-0.25, -0.2) is 4.98 Å². The van der Waals surface area contributed by atoms with Gasteiger partial charge < -0.3 is 10.2 Å².